The average Bonchev–Trinajstić information content (AvgIpc) is 3.08. The third kappa shape index (κ3) is 3.83. The molecule has 0 radical (unpaired) electrons. The molecule has 2 heterocycles. The minimum Gasteiger partial charge on any atom is -0.348 e. The van der Waals surface area contributed by atoms with Crippen LogP contribution in [0.5, 0.6) is 0 Å². The minimum atomic E-state index is -0.203. The second kappa shape index (κ2) is 8.05. The van der Waals surface area contributed by atoms with Gasteiger partial charge in [-0.2, -0.15) is 0 Å². The number of aryl methyl sites for hydroxylation is 1. The van der Waals surface area contributed by atoms with E-state index < -0.39 is 0 Å². The largest absolute Gasteiger partial charge is 0.348 e. The lowest BCUT2D eigenvalue weighted by atomic mass is 10.1. The molecule has 136 valence electrons. The third-order valence-corrected chi connectivity index (χ3v) is 6.03. The van der Waals surface area contributed by atoms with Gasteiger partial charge in [0.15, 0.2) is 5.16 Å². The zero-order chi connectivity index (χ0) is 18.7. The predicted molar refractivity (Wildman–Crippen MR) is 108 cm³/mol. The van der Waals surface area contributed by atoms with Gasteiger partial charge < -0.3 is 5.32 Å². The van der Waals surface area contributed by atoms with Crippen LogP contribution >= 0.6 is 23.1 Å². The highest BCUT2D eigenvalue weighted by Crippen LogP contribution is 2.24. The number of carbonyl (C=O) groups is 1. The highest BCUT2D eigenvalue weighted by molar-refractivity contribution is 7.98. The Morgan fingerprint density at radius 3 is 2.73 bits per heavy atom. The molecule has 0 aliphatic rings. The number of amides is 1. The second-order valence-corrected chi connectivity index (χ2v) is 7.86. The first-order valence-electron chi connectivity index (χ1n) is 8.45. The van der Waals surface area contributed by atoms with Crippen molar-refractivity contribution in [1.29, 1.82) is 0 Å². The number of hydrogen-bond acceptors (Lipinski definition) is 5. The van der Waals surface area contributed by atoms with Gasteiger partial charge in [0.05, 0.1) is 11.4 Å². The first-order valence-corrected chi connectivity index (χ1v) is 10.5. The molecule has 1 aromatic carbocycles. The molecule has 7 heteroatoms. The topological polar surface area (TPSA) is 64.0 Å². The van der Waals surface area contributed by atoms with E-state index in [0.717, 1.165) is 21.7 Å². The van der Waals surface area contributed by atoms with E-state index in [-0.39, 0.29) is 24.1 Å². The van der Waals surface area contributed by atoms with E-state index in [1.807, 2.05) is 49.6 Å². The molecule has 3 aromatic rings. The lowest BCUT2D eigenvalue weighted by Crippen LogP contribution is -2.34. The van der Waals surface area contributed by atoms with Crippen LogP contribution in [0.2, 0.25) is 0 Å². The lowest BCUT2D eigenvalue weighted by molar-refractivity contribution is -0.122. The minimum absolute atomic E-state index is 0.0353. The maximum atomic E-state index is 12.9. The Morgan fingerprint density at radius 1 is 1.35 bits per heavy atom. The Kier molecular flexibility index (Phi) is 5.78. The summed E-state index contributed by atoms with van der Waals surface area (Å²) in [7, 11) is 0. The smallest absolute Gasteiger partial charge is 0.263 e. The highest BCUT2D eigenvalue weighted by atomic mass is 32.2. The molecular weight excluding hydrogens is 366 g/mol. The zero-order valence-corrected chi connectivity index (χ0v) is 16.6. The molecule has 1 N–H and O–H groups in total. The van der Waals surface area contributed by atoms with Crippen LogP contribution in [-0.2, 0) is 17.8 Å². The van der Waals surface area contributed by atoms with Crippen molar-refractivity contribution in [2.45, 2.75) is 38.0 Å². The van der Waals surface area contributed by atoms with E-state index in [9.17, 15) is 9.59 Å². The van der Waals surface area contributed by atoms with Gasteiger partial charge in [0.2, 0.25) is 5.91 Å². The van der Waals surface area contributed by atoms with E-state index >= 15 is 0 Å². The highest BCUT2D eigenvalue weighted by Gasteiger charge is 2.17. The summed E-state index contributed by atoms with van der Waals surface area (Å²) in [6, 6.07) is 11.5. The fourth-order valence-corrected chi connectivity index (χ4v) is 4.34. The van der Waals surface area contributed by atoms with Crippen LogP contribution < -0.4 is 10.9 Å². The van der Waals surface area contributed by atoms with Crippen molar-refractivity contribution in [2.75, 3.05) is 6.26 Å². The summed E-state index contributed by atoms with van der Waals surface area (Å²) < 4.78 is 1.46. The van der Waals surface area contributed by atoms with E-state index in [4.69, 9.17) is 0 Å². The number of carbonyl (C=O) groups excluding carboxylic acids is 1. The van der Waals surface area contributed by atoms with Crippen LogP contribution in [0, 0.1) is 0 Å². The number of hydrogen-bond donors (Lipinski definition) is 1. The van der Waals surface area contributed by atoms with Crippen molar-refractivity contribution in [2.24, 2.45) is 0 Å². The van der Waals surface area contributed by atoms with E-state index in [1.165, 1.54) is 27.7 Å². The fraction of sp³-hybridized carbons (Fsp3) is 0.316. The van der Waals surface area contributed by atoms with Crippen LogP contribution in [0.4, 0.5) is 0 Å². The molecule has 0 saturated heterocycles. The van der Waals surface area contributed by atoms with Gasteiger partial charge in [-0.05, 0) is 31.2 Å². The van der Waals surface area contributed by atoms with Gasteiger partial charge in [0.1, 0.15) is 11.4 Å². The predicted octanol–water partition coefficient (Wildman–Crippen LogP) is 3.62. The Labute approximate surface area is 160 Å². The van der Waals surface area contributed by atoms with Crippen molar-refractivity contribution >= 4 is 39.2 Å². The molecule has 5 nitrogen and oxygen atoms in total. The summed E-state index contributed by atoms with van der Waals surface area (Å²) in [4.78, 5) is 31.8. The van der Waals surface area contributed by atoms with Crippen molar-refractivity contribution in [3.05, 3.63) is 57.2 Å². The molecule has 1 amide bonds. The van der Waals surface area contributed by atoms with Gasteiger partial charge >= 0.3 is 0 Å². The number of nitrogens with zero attached hydrogens (tertiary/aromatic N) is 2. The molecule has 1 atom stereocenters. The van der Waals surface area contributed by atoms with Gasteiger partial charge in [-0.15, -0.1) is 11.3 Å². The first-order chi connectivity index (χ1) is 12.5. The normalized spacial score (nSPS) is 12.3. The van der Waals surface area contributed by atoms with Crippen molar-refractivity contribution < 1.29 is 4.79 Å². The average molecular weight is 388 g/mol. The molecule has 0 spiro atoms. The van der Waals surface area contributed by atoms with Crippen molar-refractivity contribution in [3.63, 3.8) is 0 Å². The summed E-state index contributed by atoms with van der Waals surface area (Å²) in [5.74, 6) is -0.203. The van der Waals surface area contributed by atoms with E-state index in [2.05, 4.69) is 17.2 Å². The number of fused-ring (bicyclic) bond motifs is 1. The molecule has 0 aliphatic carbocycles. The van der Waals surface area contributed by atoms with Gasteiger partial charge in [-0.1, -0.05) is 49.0 Å². The monoisotopic (exact) mass is 387 g/mol. The molecule has 26 heavy (non-hydrogen) atoms. The third-order valence-electron chi connectivity index (χ3n) is 4.18. The Bertz CT molecular complexity index is 980. The molecule has 0 aliphatic heterocycles. The summed E-state index contributed by atoms with van der Waals surface area (Å²) in [6.45, 7) is 3.95. The molecule has 2 aromatic heterocycles. The number of benzene rings is 1. The van der Waals surface area contributed by atoms with Crippen LogP contribution in [-0.4, -0.2) is 21.7 Å². The summed E-state index contributed by atoms with van der Waals surface area (Å²) in [6.07, 6.45) is 2.73. The Hall–Kier alpha value is -2.12. The first kappa shape index (κ1) is 18.7. The number of aromatic nitrogens is 2. The maximum absolute atomic E-state index is 12.9. The quantitative estimate of drug-likeness (QED) is 0.518. The zero-order valence-electron chi connectivity index (χ0n) is 15.0. The van der Waals surface area contributed by atoms with Crippen LogP contribution in [0.1, 0.15) is 30.3 Å². The fourth-order valence-electron chi connectivity index (χ4n) is 2.77. The molecule has 0 saturated carbocycles. The number of thioether (sulfide) groups is 1. The number of rotatable bonds is 6. The van der Waals surface area contributed by atoms with Crippen LogP contribution in [0.15, 0.2) is 46.3 Å². The molecule has 3 rings (SSSR count). The Balaban J connectivity index is 1.86. The van der Waals surface area contributed by atoms with Gasteiger partial charge in [0.25, 0.3) is 5.56 Å². The number of thiophene rings is 1. The van der Waals surface area contributed by atoms with E-state index in [1.54, 1.807) is 0 Å². The summed E-state index contributed by atoms with van der Waals surface area (Å²) in [5, 5.41) is 4.11. The van der Waals surface area contributed by atoms with Gasteiger partial charge in [-0.25, -0.2) is 4.98 Å². The standard InChI is InChI=1S/C19H21N3O2S2/c1-4-14-10-15-17(26-14)21-19(25-3)22(18(15)24)11-16(23)20-12(2)13-8-6-5-7-9-13/h5-10,12H,4,11H2,1-3H3,(H,20,23). The molecule has 0 fully saturated rings. The summed E-state index contributed by atoms with van der Waals surface area (Å²) >= 11 is 2.92. The van der Waals surface area contributed by atoms with Gasteiger partial charge in [0, 0.05) is 4.88 Å². The van der Waals surface area contributed by atoms with E-state index in [0.29, 0.717) is 10.5 Å². The molecule has 1 unspecified atom stereocenters. The SMILES string of the molecule is CCc1cc2c(=O)n(CC(=O)NC(C)c3ccccc3)c(SC)nc2s1. The molecule has 0 bridgehead atoms. The van der Waals surface area contributed by atoms with Gasteiger partial charge in [-0.3, -0.25) is 14.2 Å². The maximum Gasteiger partial charge on any atom is 0.263 e. The number of nitrogens with one attached hydrogen (secondary N) is 1. The molecular formula is C19H21N3O2S2. The summed E-state index contributed by atoms with van der Waals surface area (Å²) in [5.41, 5.74) is 0.870. The lowest BCUT2D eigenvalue weighted by Gasteiger charge is -2.16. The van der Waals surface area contributed by atoms with Crippen molar-refractivity contribution in [1.82, 2.24) is 14.9 Å². The second-order valence-electron chi connectivity index (χ2n) is 5.97. The van der Waals surface area contributed by atoms with Crippen molar-refractivity contribution in [3.8, 4) is 0 Å². The van der Waals surface area contributed by atoms with Crippen LogP contribution in [0.3, 0.4) is 0 Å². The van der Waals surface area contributed by atoms with Crippen LogP contribution in [0.25, 0.3) is 10.2 Å². The Morgan fingerprint density at radius 2 is 2.08 bits per heavy atom.